The zero-order valence-corrected chi connectivity index (χ0v) is 15.7. The number of hydrogen-bond acceptors (Lipinski definition) is 3. The molecule has 0 atom stereocenters. The van der Waals surface area contributed by atoms with Crippen LogP contribution in [0.2, 0.25) is 0 Å². The van der Waals surface area contributed by atoms with Crippen molar-refractivity contribution in [2.75, 3.05) is 6.54 Å². The fourth-order valence-electron chi connectivity index (χ4n) is 3.70. The van der Waals surface area contributed by atoms with Crippen molar-refractivity contribution in [3.05, 3.63) is 82.5 Å². The van der Waals surface area contributed by atoms with Crippen LogP contribution in [-0.2, 0) is 19.5 Å². The number of thiazole rings is 1. The van der Waals surface area contributed by atoms with Crippen molar-refractivity contribution in [3.8, 4) is 11.3 Å². The van der Waals surface area contributed by atoms with Crippen LogP contribution in [0.5, 0.6) is 0 Å². The van der Waals surface area contributed by atoms with E-state index in [1.54, 1.807) is 0 Å². The molecule has 0 radical (unpaired) electrons. The second-order valence-corrected chi connectivity index (χ2v) is 8.13. The van der Waals surface area contributed by atoms with Gasteiger partial charge in [0, 0.05) is 48.4 Å². The molecule has 0 amide bonds. The average molecular weight is 359 g/mol. The van der Waals surface area contributed by atoms with Gasteiger partial charge in [0.25, 0.3) is 0 Å². The summed E-state index contributed by atoms with van der Waals surface area (Å²) in [5.74, 6) is 0. The van der Waals surface area contributed by atoms with Gasteiger partial charge in [-0.3, -0.25) is 9.30 Å². The molecule has 3 nitrogen and oxygen atoms in total. The first kappa shape index (κ1) is 15.8. The molecule has 0 bridgehead atoms. The van der Waals surface area contributed by atoms with Crippen molar-refractivity contribution in [2.24, 2.45) is 0 Å². The Labute approximate surface area is 157 Å². The fourth-order valence-corrected chi connectivity index (χ4v) is 4.89. The third kappa shape index (κ3) is 2.85. The lowest BCUT2D eigenvalue weighted by atomic mass is 10.1. The van der Waals surface area contributed by atoms with Crippen molar-refractivity contribution in [1.29, 1.82) is 0 Å². The molecule has 1 aliphatic rings. The standard InChI is InChI=1S/C22H21N3S/c1-16-7-9-18(10-8-16)19-14-25-20-11-12-24(13-17-5-3-2-4-6-17)15-21(20)26-22(25)23-19/h2-10,14H,11-13,15H2,1H3. The first-order valence-electron chi connectivity index (χ1n) is 9.09. The second-order valence-electron chi connectivity index (χ2n) is 7.06. The van der Waals surface area contributed by atoms with Crippen LogP contribution in [-0.4, -0.2) is 20.8 Å². The lowest BCUT2D eigenvalue weighted by Crippen LogP contribution is -2.29. The molecule has 0 saturated carbocycles. The van der Waals surface area contributed by atoms with Gasteiger partial charge in [0.2, 0.25) is 0 Å². The van der Waals surface area contributed by atoms with Gasteiger partial charge in [-0.25, -0.2) is 4.98 Å². The van der Waals surface area contributed by atoms with Gasteiger partial charge >= 0.3 is 0 Å². The summed E-state index contributed by atoms with van der Waals surface area (Å²) in [6, 6.07) is 19.4. The number of benzene rings is 2. The van der Waals surface area contributed by atoms with E-state index in [9.17, 15) is 0 Å². The normalized spacial score (nSPS) is 14.7. The zero-order valence-electron chi connectivity index (χ0n) is 14.9. The number of aryl methyl sites for hydroxylation is 1. The molecule has 26 heavy (non-hydrogen) atoms. The van der Waals surface area contributed by atoms with E-state index in [4.69, 9.17) is 4.98 Å². The Morgan fingerprint density at radius 1 is 1.04 bits per heavy atom. The van der Waals surface area contributed by atoms with Crippen molar-refractivity contribution in [3.63, 3.8) is 0 Å². The SMILES string of the molecule is Cc1ccc(-c2cn3c4c(sc3n2)CN(Cc2ccccc2)CC4)cc1. The molecular weight excluding hydrogens is 338 g/mol. The summed E-state index contributed by atoms with van der Waals surface area (Å²) in [6.45, 7) is 5.27. The summed E-state index contributed by atoms with van der Waals surface area (Å²) in [5, 5.41) is 0. The first-order chi connectivity index (χ1) is 12.8. The van der Waals surface area contributed by atoms with Gasteiger partial charge < -0.3 is 0 Å². The fraction of sp³-hybridized carbons (Fsp3) is 0.227. The predicted molar refractivity (Wildman–Crippen MR) is 108 cm³/mol. The Kier molecular flexibility index (Phi) is 3.88. The summed E-state index contributed by atoms with van der Waals surface area (Å²) in [5.41, 5.74) is 6.39. The summed E-state index contributed by atoms with van der Waals surface area (Å²) in [7, 11) is 0. The molecular formula is C22H21N3S. The van der Waals surface area contributed by atoms with Crippen LogP contribution in [0.4, 0.5) is 0 Å². The quantitative estimate of drug-likeness (QED) is 0.517. The smallest absolute Gasteiger partial charge is 0.194 e. The van der Waals surface area contributed by atoms with E-state index in [-0.39, 0.29) is 0 Å². The van der Waals surface area contributed by atoms with Gasteiger partial charge in [0.1, 0.15) is 0 Å². The zero-order chi connectivity index (χ0) is 17.5. The van der Waals surface area contributed by atoms with Crippen LogP contribution in [0, 0.1) is 6.92 Å². The monoisotopic (exact) mass is 359 g/mol. The Bertz CT molecular complexity index is 1040. The molecule has 0 unspecified atom stereocenters. The summed E-state index contributed by atoms with van der Waals surface area (Å²) in [6.07, 6.45) is 3.30. The lowest BCUT2D eigenvalue weighted by Gasteiger charge is -2.26. The van der Waals surface area contributed by atoms with Crippen LogP contribution in [0.3, 0.4) is 0 Å². The molecule has 3 heterocycles. The molecule has 2 aromatic carbocycles. The third-order valence-electron chi connectivity index (χ3n) is 5.13. The van der Waals surface area contributed by atoms with E-state index in [1.807, 2.05) is 11.3 Å². The number of aromatic nitrogens is 2. The van der Waals surface area contributed by atoms with Gasteiger partial charge in [0.15, 0.2) is 4.96 Å². The first-order valence-corrected chi connectivity index (χ1v) is 9.91. The van der Waals surface area contributed by atoms with Crippen molar-refractivity contribution >= 4 is 16.3 Å². The molecule has 0 N–H and O–H groups in total. The highest BCUT2D eigenvalue weighted by Crippen LogP contribution is 2.31. The number of imidazole rings is 1. The van der Waals surface area contributed by atoms with E-state index in [0.717, 1.165) is 36.7 Å². The van der Waals surface area contributed by atoms with Crippen LogP contribution in [0.25, 0.3) is 16.2 Å². The molecule has 2 aromatic heterocycles. The van der Waals surface area contributed by atoms with Crippen molar-refractivity contribution in [2.45, 2.75) is 26.4 Å². The summed E-state index contributed by atoms with van der Waals surface area (Å²) >= 11 is 1.84. The minimum absolute atomic E-state index is 1.02. The van der Waals surface area contributed by atoms with Crippen LogP contribution in [0.1, 0.15) is 21.7 Å². The Morgan fingerprint density at radius 3 is 2.65 bits per heavy atom. The van der Waals surface area contributed by atoms with E-state index in [0.29, 0.717) is 0 Å². The van der Waals surface area contributed by atoms with Crippen molar-refractivity contribution in [1.82, 2.24) is 14.3 Å². The van der Waals surface area contributed by atoms with E-state index >= 15 is 0 Å². The highest BCUT2D eigenvalue weighted by Gasteiger charge is 2.22. The maximum absolute atomic E-state index is 4.89. The molecule has 4 aromatic rings. The average Bonchev–Trinajstić information content (AvgIpc) is 3.21. The third-order valence-corrected chi connectivity index (χ3v) is 6.21. The van der Waals surface area contributed by atoms with Crippen LogP contribution in [0.15, 0.2) is 60.8 Å². The van der Waals surface area contributed by atoms with Crippen LogP contribution < -0.4 is 0 Å². The summed E-state index contributed by atoms with van der Waals surface area (Å²) < 4.78 is 2.31. The lowest BCUT2D eigenvalue weighted by molar-refractivity contribution is 0.246. The Balaban J connectivity index is 1.41. The molecule has 4 heteroatoms. The summed E-state index contributed by atoms with van der Waals surface area (Å²) in [4.78, 5) is 10.0. The van der Waals surface area contributed by atoms with E-state index in [2.05, 4.69) is 77.0 Å². The molecule has 0 saturated heterocycles. The molecule has 0 fully saturated rings. The molecule has 0 spiro atoms. The minimum atomic E-state index is 1.02. The predicted octanol–water partition coefficient (Wildman–Crippen LogP) is 4.93. The number of hydrogen-bond donors (Lipinski definition) is 0. The van der Waals surface area contributed by atoms with Gasteiger partial charge in [-0.15, -0.1) is 0 Å². The maximum atomic E-state index is 4.89. The molecule has 0 aliphatic carbocycles. The topological polar surface area (TPSA) is 20.5 Å². The Morgan fingerprint density at radius 2 is 1.85 bits per heavy atom. The largest absolute Gasteiger partial charge is 0.294 e. The van der Waals surface area contributed by atoms with Gasteiger partial charge in [-0.2, -0.15) is 0 Å². The van der Waals surface area contributed by atoms with Crippen LogP contribution >= 0.6 is 11.3 Å². The van der Waals surface area contributed by atoms with Gasteiger partial charge in [-0.05, 0) is 12.5 Å². The number of fused-ring (bicyclic) bond motifs is 3. The number of rotatable bonds is 3. The highest BCUT2D eigenvalue weighted by molar-refractivity contribution is 7.17. The second kappa shape index (κ2) is 6.38. The van der Waals surface area contributed by atoms with Gasteiger partial charge in [0.05, 0.1) is 5.69 Å². The van der Waals surface area contributed by atoms with E-state index < -0.39 is 0 Å². The molecule has 1 aliphatic heterocycles. The highest BCUT2D eigenvalue weighted by atomic mass is 32.1. The van der Waals surface area contributed by atoms with E-state index in [1.165, 1.54) is 27.3 Å². The maximum Gasteiger partial charge on any atom is 0.194 e. The Hall–Kier alpha value is -2.43. The van der Waals surface area contributed by atoms with Crippen molar-refractivity contribution < 1.29 is 0 Å². The molecule has 5 rings (SSSR count). The van der Waals surface area contributed by atoms with Gasteiger partial charge in [-0.1, -0.05) is 71.5 Å². The number of nitrogens with zero attached hydrogens (tertiary/aromatic N) is 3. The minimum Gasteiger partial charge on any atom is -0.294 e. The molecule has 130 valence electrons.